The first kappa shape index (κ1) is 14.0. The molecule has 0 fully saturated rings. The van der Waals surface area contributed by atoms with Crippen LogP contribution in [0.5, 0.6) is 0 Å². The van der Waals surface area contributed by atoms with Crippen molar-refractivity contribution in [2.24, 2.45) is 13.0 Å². The third-order valence-corrected chi connectivity index (χ3v) is 4.43. The number of imidazole rings is 1. The van der Waals surface area contributed by atoms with Crippen LogP contribution in [0.4, 0.5) is 5.82 Å². The van der Waals surface area contributed by atoms with E-state index in [0.717, 1.165) is 12.8 Å². The van der Waals surface area contributed by atoms with Gasteiger partial charge in [-0.25, -0.2) is 18.1 Å². The molecule has 17 heavy (non-hydrogen) atoms. The molecule has 0 aromatic carbocycles. The molecule has 0 radical (unpaired) electrons. The Labute approximate surface area is 102 Å². The minimum Gasteiger partial charge on any atom is -0.381 e. The number of aromatic nitrogens is 2. The number of nitrogens with one attached hydrogen (secondary N) is 1. The fourth-order valence-corrected chi connectivity index (χ4v) is 2.98. The van der Waals surface area contributed by atoms with Gasteiger partial charge in [-0.1, -0.05) is 26.7 Å². The second kappa shape index (κ2) is 5.50. The number of hydrogen-bond donors (Lipinski definition) is 2. The van der Waals surface area contributed by atoms with Gasteiger partial charge >= 0.3 is 0 Å². The van der Waals surface area contributed by atoms with Crippen molar-refractivity contribution in [1.29, 1.82) is 0 Å². The number of nitrogen functional groups attached to an aromatic ring is 1. The maximum Gasteiger partial charge on any atom is 0.260 e. The summed E-state index contributed by atoms with van der Waals surface area (Å²) in [5.41, 5.74) is 5.55. The third-order valence-electron chi connectivity index (χ3n) is 2.88. The number of nitrogens with two attached hydrogens (primary N) is 1. The largest absolute Gasteiger partial charge is 0.381 e. The van der Waals surface area contributed by atoms with E-state index in [1.54, 1.807) is 7.05 Å². The van der Waals surface area contributed by atoms with Crippen molar-refractivity contribution in [1.82, 2.24) is 14.3 Å². The van der Waals surface area contributed by atoms with Gasteiger partial charge in [0.05, 0.1) is 6.33 Å². The highest BCUT2D eigenvalue weighted by Gasteiger charge is 2.22. The molecule has 1 aromatic heterocycles. The highest BCUT2D eigenvalue weighted by molar-refractivity contribution is 7.89. The molecule has 0 atom stereocenters. The Morgan fingerprint density at radius 3 is 2.47 bits per heavy atom. The predicted octanol–water partition coefficient (Wildman–Crippen LogP) is 0.717. The van der Waals surface area contributed by atoms with Crippen molar-refractivity contribution >= 4 is 15.8 Å². The summed E-state index contributed by atoms with van der Waals surface area (Å²) in [7, 11) is -1.96. The van der Waals surface area contributed by atoms with Gasteiger partial charge in [-0.15, -0.1) is 0 Å². The van der Waals surface area contributed by atoms with Crippen LogP contribution in [0.2, 0.25) is 0 Å². The Morgan fingerprint density at radius 2 is 2.06 bits per heavy atom. The molecule has 98 valence electrons. The third kappa shape index (κ3) is 3.19. The second-order valence-electron chi connectivity index (χ2n) is 4.08. The van der Waals surface area contributed by atoms with E-state index in [9.17, 15) is 8.42 Å². The van der Waals surface area contributed by atoms with Gasteiger partial charge in [0.1, 0.15) is 0 Å². The summed E-state index contributed by atoms with van der Waals surface area (Å²) in [6.45, 7) is 4.52. The van der Waals surface area contributed by atoms with Gasteiger partial charge in [0, 0.05) is 13.6 Å². The summed E-state index contributed by atoms with van der Waals surface area (Å²) < 4.78 is 28.0. The molecule has 0 saturated carbocycles. The molecule has 0 aliphatic heterocycles. The lowest BCUT2D eigenvalue weighted by molar-refractivity contribution is 0.477. The highest BCUT2D eigenvalue weighted by Crippen LogP contribution is 2.15. The average molecular weight is 260 g/mol. The quantitative estimate of drug-likeness (QED) is 0.788. The lowest BCUT2D eigenvalue weighted by atomic mass is 10.0. The van der Waals surface area contributed by atoms with Crippen molar-refractivity contribution in [2.75, 3.05) is 12.3 Å². The molecule has 3 N–H and O–H groups in total. The van der Waals surface area contributed by atoms with Crippen LogP contribution in [0.25, 0.3) is 0 Å². The zero-order valence-corrected chi connectivity index (χ0v) is 11.3. The van der Waals surface area contributed by atoms with E-state index in [0.29, 0.717) is 12.5 Å². The highest BCUT2D eigenvalue weighted by atomic mass is 32.2. The minimum absolute atomic E-state index is 0.0310. The van der Waals surface area contributed by atoms with E-state index < -0.39 is 10.0 Å². The Balaban J connectivity index is 2.83. The number of nitrogens with zero attached hydrogens (tertiary/aromatic N) is 2. The molecule has 0 bridgehead atoms. The lowest BCUT2D eigenvalue weighted by Crippen LogP contribution is -2.30. The molecule has 0 spiro atoms. The summed E-state index contributed by atoms with van der Waals surface area (Å²) in [5.74, 6) is 0.378. The topological polar surface area (TPSA) is 90.0 Å². The molecular weight excluding hydrogens is 240 g/mol. The van der Waals surface area contributed by atoms with Crippen LogP contribution in [0.1, 0.15) is 26.7 Å². The molecule has 0 aliphatic rings. The average Bonchev–Trinajstić information content (AvgIpc) is 2.60. The molecule has 1 aromatic rings. The molecule has 0 aliphatic carbocycles. The number of aryl methyl sites for hydroxylation is 1. The van der Waals surface area contributed by atoms with E-state index in [1.165, 1.54) is 10.9 Å². The van der Waals surface area contributed by atoms with Crippen LogP contribution in [0.3, 0.4) is 0 Å². The van der Waals surface area contributed by atoms with Crippen molar-refractivity contribution in [2.45, 2.75) is 31.7 Å². The first-order valence-corrected chi connectivity index (χ1v) is 7.17. The summed E-state index contributed by atoms with van der Waals surface area (Å²) in [6, 6.07) is 0. The van der Waals surface area contributed by atoms with Gasteiger partial charge in [0.2, 0.25) is 0 Å². The van der Waals surface area contributed by atoms with Gasteiger partial charge < -0.3 is 10.3 Å². The molecule has 1 heterocycles. The minimum atomic E-state index is -3.57. The van der Waals surface area contributed by atoms with Gasteiger partial charge in [0.25, 0.3) is 10.0 Å². The molecular formula is C10H20N4O2S. The van der Waals surface area contributed by atoms with Gasteiger partial charge in [-0.3, -0.25) is 0 Å². The molecule has 0 unspecified atom stereocenters. The van der Waals surface area contributed by atoms with E-state index in [1.807, 2.05) is 13.8 Å². The Kier molecular flexibility index (Phi) is 4.53. The Morgan fingerprint density at radius 1 is 1.47 bits per heavy atom. The normalized spacial score (nSPS) is 12.2. The number of anilines is 1. The SMILES string of the molecule is CCC(CC)CNS(=O)(=O)c1c(N)ncn1C. The van der Waals surface area contributed by atoms with Crippen molar-refractivity contribution in [3.63, 3.8) is 0 Å². The predicted molar refractivity (Wildman–Crippen MR) is 66.9 cm³/mol. The van der Waals surface area contributed by atoms with Gasteiger partial charge in [-0.05, 0) is 5.92 Å². The van der Waals surface area contributed by atoms with Crippen LogP contribution in [0, 0.1) is 5.92 Å². The first-order valence-electron chi connectivity index (χ1n) is 5.68. The lowest BCUT2D eigenvalue weighted by Gasteiger charge is -2.13. The van der Waals surface area contributed by atoms with E-state index in [2.05, 4.69) is 9.71 Å². The number of sulfonamides is 1. The standard InChI is InChI=1S/C10H20N4O2S/c1-4-8(5-2)6-13-17(15,16)10-9(11)12-7-14(10)3/h7-8,13H,4-6,11H2,1-3H3. The Bertz CT molecular complexity index is 443. The monoisotopic (exact) mass is 260 g/mol. The van der Waals surface area contributed by atoms with Crippen molar-refractivity contribution < 1.29 is 8.42 Å². The summed E-state index contributed by atoms with van der Waals surface area (Å²) in [4.78, 5) is 3.77. The fraction of sp³-hybridized carbons (Fsp3) is 0.700. The summed E-state index contributed by atoms with van der Waals surface area (Å²) >= 11 is 0. The van der Waals surface area contributed by atoms with Crippen LogP contribution in [0.15, 0.2) is 11.4 Å². The van der Waals surface area contributed by atoms with E-state index in [4.69, 9.17) is 5.73 Å². The van der Waals surface area contributed by atoms with E-state index in [-0.39, 0.29) is 10.8 Å². The van der Waals surface area contributed by atoms with Crippen LogP contribution >= 0.6 is 0 Å². The zero-order chi connectivity index (χ0) is 13.1. The molecule has 7 heteroatoms. The maximum absolute atomic E-state index is 12.0. The van der Waals surface area contributed by atoms with Gasteiger partial charge in [0.15, 0.2) is 10.8 Å². The zero-order valence-electron chi connectivity index (χ0n) is 10.5. The van der Waals surface area contributed by atoms with Crippen LogP contribution < -0.4 is 10.5 Å². The smallest absolute Gasteiger partial charge is 0.260 e. The van der Waals surface area contributed by atoms with Crippen molar-refractivity contribution in [3.8, 4) is 0 Å². The van der Waals surface area contributed by atoms with Crippen molar-refractivity contribution in [3.05, 3.63) is 6.33 Å². The summed E-state index contributed by atoms with van der Waals surface area (Å²) in [5, 5.41) is 0.0310. The Hall–Kier alpha value is -1.08. The molecule has 0 saturated heterocycles. The molecule has 6 nitrogen and oxygen atoms in total. The molecule has 0 amide bonds. The fourth-order valence-electron chi connectivity index (χ4n) is 1.64. The number of hydrogen-bond acceptors (Lipinski definition) is 4. The van der Waals surface area contributed by atoms with Crippen LogP contribution in [-0.4, -0.2) is 24.5 Å². The maximum atomic E-state index is 12.0. The van der Waals surface area contributed by atoms with Gasteiger partial charge in [-0.2, -0.15) is 0 Å². The van der Waals surface area contributed by atoms with Crippen LogP contribution in [-0.2, 0) is 17.1 Å². The first-order chi connectivity index (χ1) is 7.92. The summed E-state index contributed by atoms with van der Waals surface area (Å²) in [6.07, 6.45) is 3.28. The second-order valence-corrected chi connectivity index (χ2v) is 5.76. The molecule has 1 rings (SSSR count). The van der Waals surface area contributed by atoms with E-state index >= 15 is 0 Å². The number of rotatable bonds is 6.